The normalized spacial score (nSPS) is 25.9. The van der Waals surface area contributed by atoms with Crippen molar-refractivity contribution in [1.82, 2.24) is 5.32 Å². The van der Waals surface area contributed by atoms with Gasteiger partial charge in [-0.05, 0) is 24.8 Å². The van der Waals surface area contributed by atoms with E-state index in [0.717, 1.165) is 6.42 Å². The van der Waals surface area contributed by atoms with Crippen molar-refractivity contribution in [3.8, 4) is 0 Å². The van der Waals surface area contributed by atoms with Crippen LogP contribution in [0.25, 0.3) is 0 Å². The van der Waals surface area contributed by atoms with Gasteiger partial charge in [0.15, 0.2) is 0 Å². The second-order valence-electron chi connectivity index (χ2n) is 4.17. The highest BCUT2D eigenvalue weighted by molar-refractivity contribution is 5.86. The Morgan fingerprint density at radius 2 is 2.27 bits per heavy atom. The Kier molecular flexibility index (Phi) is 5.40. The molecule has 0 heterocycles. The van der Waals surface area contributed by atoms with Gasteiger partial charge in [-0.3, -0.25) is 4.79 Å². The molecule has 0 bridgehead atoms. The van der Waals surface area contributed by atoms with Crippen LogP contribution < -0.4 is 5.32 Å². The Morgan fingerprint density at radius 3 is 2.93 bits per heavy atom. The van der Waals surface area contributed by atoms with Crippen LogP contribution >= 0.6 is 0 Å². The van der Waals surface area contributed by atoms with E-state index in [-0.39, 0.29) is 5.91 Å². The van der Waals surface area contributed by atoms with Crippen LogP contribution in [0.5, 0.6) is 0 Å². The molecule has 3 nitrogen and oxygen atoms in total. The Labute approximate surface area is 91.9 Å². The monoisotopic (exact) mass is 211 g/mol. The highest BCUT2D eigenvalue weighted by Crippen LogP contribution is 2.25. The summed E-state index contributed by atoms with van der Waals surface area (Å²) in [5, 5.41) is 2.70. The fourth-order valence-corrected chi connectivity index (χ4v) is 1.99. The van der Waals surface area contributed by atoms with Gasteiger partial charge in [0.1, 0.15) is 0 Å². The third-order valence-electron chi connectivity index (χ3n) is 2.95. The van der Waals surface area contributed by atoms with Crippen LogP contribution in [0.3, 0.4) is 0 Å². The van der Waals surface area contributed by atoms with Crippen molar-refractivity contribution in [3.05, 3.63) is 12.7 Å². The smallest absolute Gasteiger partial charge is 0.243 e. The Balaban J connectivity index is 2.08. The molecule has 1 aliphatic rings. The fourth-order valence-electron chi connectivity index (χ4n) is 1.99. The molecule has 1 rings (SSSR count). The van der Waals surface area contributed by atoms with Crippen LogP contribution in [0.1, 0.15) is 32.6 Å². The third kappa shape index (κ3) is 4.47. The Morgan fingerprint density at radius 1 is 1.53 bits per heavy atom. The number of rotatable bonds is 5. The predicted molar refractivity (Wildman–Crippen MR) is 60.6 cm³/mol. The third-order valence-corrected chi connectivity index (χ3v) is 2.95. The zero-order chi connectivity index (χ0) is 11.1. The van der Waals surface area contributed by atoms with E-state index in [1.807, 2.05) is 0 Å². The predicted octanol–water partition coefficient (Wildman–Crippen LogP) is 1.88. The molecule has 15 heavy (non-hydrogen) atoms. The lowest BCUT2D eigenvalue weighted by atomic mass is 9.88. The van der Waals surface area contributed by atoms with Gasteiger partial charge in [-0.2, -0.15) is 0 Å². The summed E-state index contributed by atoms with van der Waals surface area (Å²) in [5.41, 5.74) is 0. The number of nitrogens with one attached hydrogen (secondary N) is 1. The molecule has 0 aromatic heterocycles. The van der Waals surface area contributed by atoms with E-state index in [9.17, 15) is 4.79 Å². The van der Waals surface area contributed by atoms with Crippen molar-refractivity contribution in [3.63, 3.8) is 0 Å². The standard InChI is InChI=1S/C12H21NO2/c1-3-12(14)13-8-9-15-11-7-5-4-6-10(11)2/h3,10-11H,1,4-9H2,2H3,(H,13,14)/t10-,11+/m1/s1. The van der Waals surface area contributed by atoms with Gasteiger partial charge < -0.3 is 10.1 Å². The molecule has 0 spiro atoms. The molecule has 1 aliphatic carbocycles. The van der Waals surface area contributed by atoms with Crippen LogP contribution in [0, 0.1) is 5.92 Å². The summed E-state index contributed by atoms with van der Waals surface area (Å²) >= 11 is 0. The van der Waals surface area contributed by atoms with Crippen molar-refractivity contribution in [2.75, 3.05) is 13.2 Å². The zero-order valence-electron chi connectivity index (χ0n) is 9.50. The number of amides is 1. The minimum atomic E-state index is -0.129. The van der Waals surface area contributed by atoms with E-state index < -0.39 is 0 Å². The number of carbonyl (C=O) groups is 1. The molecule has 0 unspecified atom stereocenters. The van der Waals surface area contributed by atoms with E-state index in [0.29, 0.717) is 25.2 Å². The quantitative estimate of drug-likeness (QED) is 0.557. The van der Waals surface area contributed by atoms with Gasteiger partial charge in [0.25, 0.3) is 0 Å². The van der Waals surface area contributed by atoms with Crippen LogP contribution in [0.4, 0.5) is 0 Å². The Bertz CT molecular complexity index is 216. The van der Waals surface area contributed by atoms with Crippen LogP contribution in [-0.4, -0.2) is 25.2 Å². The lowest BCUT2D eigenvalue weighted by molar-refractivity contribution is -0.116. The molecule has 86 valence electrons. The number of ether oxygens (including phenoxy) is 1. The molecular formula is C12H21NO2. The molecular weight excluding hydrogens is 190 g/mol. The zero-order valence-corrected chi connectivity index (χ0v) is 9.50. The Hall–Kier alpha value is -0.830. The maximum atomic E-state index is 10.8. The van der Waals surface area contributed by atoms with E-state index in [2.05, 4.69) is 18.8 Å². The van der Waals surface area contributed by atoms with Crippen LogP contribution in [0.15, 0.2) is 12.7 Å². The average molecular weight is 211 g/mol. The minimum absolute atomic E-state index is 0.129. The van der Waals surface area contributed by atoms with Gasteiger partial charge in [0, 0.05) is 6.54 Å². The largest absolute Gasteiger partial charge is 0.376 e. The molecule has 0 radical (unpaired) electrons. The second kappa shape index (κ2) is 6.62. The summed E-state index contributed by atoms with van der Waals surface area (Å²) in [5.74, 6) is 0.532. The topological polar surface area (TPSA) is 38.3 Å². The number of carbonyl (C=O) groups excluding carboxylic acids is 1. The molecule has 3 heteroatoms. The minimum Gasteiger partial charge on any atom is -0.376 e. The molecule has 0 aromatic carbocycles. The van der Waals surface area contributed by atoms with E-state index in [1.165, 1.54) is 25.3 Å². The maximum Gasteiger partial charge on any atom is 0.243 e. The fraction of sp³-hybridized carbons (Fsp3) is 0.750. The van der Waals surface area contributed by atoms with Gasteiger partial charge >= 0.3 is 0 Å². The highest BCUT2D eigenvalue weighted by Gasteiger charge is 2.21. The number of hydrogen-bond donors (Lipinski definition) is 1. The summed E-state index contributed by atoms with van der Waals surface area (Å²) in [7, 11) is 0. The molecule has 0 aliphatic heterocycles. The summed E-state index contributed by atoms with van der Waals surface area (Å²) < 4.78 is 5.74. The highest BCUT2D eigenvalue weighted by atomic mass is 16.5. The SMILES string of the molecule is C=CC(=O)NCCO[C@H]1CCCC[C@H]1C. The summed E-state index contributed by atoms with van der Waals surface area (Å²) in [6.45, 7) is 6.81. The summed E-state index contributed by atoms with van der Waals surface area (Å²) in [6.07, 6.45) is 6.70. The summed E-state index contributed by atoms with van der Waals surface area (Å²) in [4.78, 5) is 10.8. The first-order chi connectivity index (χ1) is 7.24. The van der Waals surface area contributed by atoms with Gasteiger partial charge in [-0.25, -0.2) is 0 Å². The number of hydrogen-bond acceptors (Lipinski definition) is 2. The van der Waals surface area contributed by atoms with Crippen LogP contribution in [-0.2, 0) is 9.53 Å². The van der Waals surface area contributed by atoms with Gasteiger partial charge in [0.2, 0.25) is 5.91 Å². The van der Waals surface area contributed by atoms with Gasteiger partial charge in [-0.15, -0.1) is 0 Å². The van der Waals surface area contributed by atoms with Crippen molar-refractivity contribution in [1.29, 1.82) is 0 Å². The van der Waals surface area contributed by atoms with Gasteiger partial charge in [-0.1, -0.05) is 26.3 Å². The lowest BCUT2D eigenvalue weighted by Gasteiger charge is -2.28. The van der Waals surface area contributed by atoms with E-state index in [4.69, 9.17) is 4.74 Å². The molecule has 1 saturated carbocycles. The van der Waals surface area contributed by atoms with Crippen LogP contribution in [0.2, 0.25) is 0 Å². The van der Waals surface area contributed by atoms with E-state index >= 15 is 0 Å². The molecule has 1 N–H and O–H groups in total. The first kappa shape index (κ1) is 12.2. The maximum absolute atomic E-state index is 10.8. The van der Waals surface area contributed by atoms with E-state index in [1.54, 1.807) is 0 Å². The first-order valence-corrected chi connectivity index (χ1v) is 5.76. The lowest BCUT2D eigenvalue weighted by Crippen LogP contribution is -2.31. The molecule has 2 atom stereocenters. The average Bonchev–Trinajstić information content (AvgIpc) is 2.26. The van der Waals surface area contributed by atoms with Crippen molar-refractivity contribution >= 4 is 5.91 Å². The van der Waals surface area contributed by atoms with Crippen molar-refractivity contribution in [2.24, 2.45) is 5.92 Å². The second-order valence-corrected chi connectivity index (χ2v) is 4.17. The molecule has 0 aromatic rings. The summed E-state index contributed by atoms with van der Waals surface area (Å²) in [6, 6.07) is 0. The van der Waals surface area contributed by atoms with Crippen molar-refractivity contribution in [2.45, 2.75) is 38.7 Å². The first-order valence-electron chi connectivity index (χ1n) is 5.76. The molecule has 1 fully saturated rings. The van der Waals surface area contributed by atoms with Crippen molar-refractivity contribution < 1.29 is 9.53 Å². The van der Waals surface area contributed by atoms with Gasteiger partial charge in [0.05, 0.1) is 12.7 Å². The molecule has 1 amide bonds. The molecule has 0 saturated heterocycles.